The fourth-order valence-electron chi connectivity index (χ4n) is 1.63. The molecular formula is C11H15NO. The zero-order valence-electron chi connectivity index (χ0n) is 7.86. The summed E-state index contributed by atoms with van der Waals surface area (Å²) in [7, 11) is 1.71. The minimum Gasteiger partial charge on any atom is -0.380 e. The van der Waals surface area contributed by atoms with Gasteiger partial charge >= 0.3 is 0 Å². The third-order valence-corrected chi connectivity index (χ3v) is 2.56. The van der Waals surface area contributed by atoms with Crippen LogP contribution < -0.4 is 5.73 Å². The summed E-state index contributed by atoms with van der Waals surface area (Å²) in [6.45, 7) is 0.691. The second-order valence-electron chi connectivity index (χ2n) is 3.68. The predicted molar refractivity (Wildman–Crippen MR) is 52.5 cm³/mol. The van der Waals surface area contributed by atoms with Crippen molar-refractivity contribution in [3.8, 4) is 0 Å². The molecule has 2 atom stereocenters. The summed E-state index contributed by atoms with van der Waals surface area (Å²) in [4.78, 5) is 0. The number of ether oxygens (including phenoxy) is 1. The molecule has 13 heavy (non-hydrogen) atoms. The first-order valence-electron chi connectivity index (χ1n) is 4.64. The van der Waals surface area contributed by atoms with Crippen molar-refractivity contribution in [1.82, 2.24) is 0 Å². The molecule has 2 rings (SSSR count). The van der Waals surface area contributed by atoms with E-state index in [-0.39, 0.29) is 0 Å². The van der Waals surface area contributed by atoms with Crippen molar-refractivity contribution in [1.29, 1.82) is 0 Å². The molecule has 70 valence electrons. The molecule has 1 aliphatic rings. The lowest BCUT2D eigenvalue weighted by molar-refractivity contribution is 0.185. The van der Waals surface area contributed by atoms with E-state index in [1.165, 1.54) is 11.1 Å². The van der Waals surface area contributed by atoms with Gasteiger partial charge in [0, 0.05) is 19.1 Å². The molecular weight excluding hydrogens is 162 g/mol. The van der Waals surface area contributed by atoms with Gasteiger partial charge in [-0.05, 0) is 17.5 Å². The largest absolute Gasteiger partial charge is 0.380 e. The number of hydrogen-bond donors (Lipinski definition) is 1. The van der Waals surface area contributed by atoms with Crippen LogP contribution in [-0.4, -0.2) is 13.2 Å². The molecule has 2 heteroatoms. The second kappa shape index (κ2) is 3.48. The molecule has 0 radical (unpaired) electrons. The summed E-state index contributed by atoms with van der Waals surface area (Å²) in [6.07, 6.45) is 1.14. The van der Waals surface area contributed by atoms with E-state index in [2.05, 4.69) is 24.3 Å². The Balaban J connectivity index is 2.06. The van der Waals surface area contributed by atoms with E-state index in [0.29, 0.717) is 18.6 Å². The van der Waals surface area contributed by atoms with E-state index < -0.39 is 0 Å². The smallest absolute Gasteiger partial charge is 0.0713 e. The monoisotopic (exact) mass is 177 g/mol. The maximum Gasteiger partial charge on any atom is 0.0713 e. The molecule has 2 N–H and O–H groups in total. The van der Waals surface area contributed by atoms with Crippen LogP contribution in [0.5, 0.6) is 0 Å². The lowest BCUT2D eigenvalue weighted by Gasteiger charge is -2.01. The van der Waals surface area contributed by atoms with E-state index in [1.807, 2.05) is 0 Å². The average Bonchev–Trinajstić information content (AvgIpc) is 2.85. The van der Waals surface area contributed by atoms with Gasteiger partial charge in [-0.25, -0.2) is 0 Å². The van der Waals surface area contributed by atoms with Crippen LogP contribution in [0.15, 0.2) is 24.3 Å². The van der Waals surface area contributed by atoms with Gasteiger partial charge in [0.05, 0.1) is 6.61 Å². The van der Waals surface area contributed by atoms with Gasteiger partial charge in [-0.15, -0.1) is 0 Å². The minimum atomic E-state index is 0.397. The molecule has 1 saturated carbocycles. The van der Waals surface area contributed by atoms with Crippen LogP contribution in [0.3, 0.4) is 0 Å². The number of rotatable bonds is 3. The van der Waals surface area contributed by atoms with Gasteiger partial charge in [0.25, 0.3) is 0 Å². The Morgan fingerprint density at radius 1 is 1.38 bits per heavy atom. The summed E-state index contributed by atoms with van der Waals surface area (Å²) in [6, 6.07) is 8.94. The van der Waals surface area contributed by atoms with Crippen LogP contribution in [0, 0.1) is 0 Å². The molecule has 0 aromatic heterocycles. The van der Waals surface area contributed by atoms with Gasteiger partial charge in [-0.2, -0.15) is 0 Å². The molecule has 0 unspecified atom stereocenters. The van der Waals surface area contributed by atoms with E-state index >= 15 is 0 Å². The SMILES string of the molecule is COCc1ccc([C@@H]2C[C@H]2N)cc1. The quantitative estimate of drug-likeness (QED) is 0.762. The molecule has 1 aromatic rings. The van der Waals surface area contributed by atoms with Crippen molar-refractivity contribution >= 4 is 0 Å². The van der Waals surface area contributed by atoms with Crippen LogP contribution >= 0.6 is 0 Å². The lowest BCUT2D eigenvalue weighted by Crippen LogP contribution is -2.00. The van der Waals surface area contributed by atoms with Gasteiger partial charge in [0.15, 0.2) is 0 Å². The minimum absolute atomic E-state index is 0.397. The highest BCUT2D eigenvalue weighted by Gasteiger charge is 2.34. The maximum absolute atomic E-state index is 5.77. The van der Waals surface area contributed by atoms with Crippen molar-refractivity contribution in [2.45, 2.75) is 25.0 Å². The van der Waals surface area contributed by atoms with Crippen LogP contribution in [0.2, 0.25) is 0 Å². The van der Waals surface area contributed by atoms with Crippen LogP contribution in [0.4, 0.5) is 0 Å². The van der Waals surface area contributed by atoms with Crippen molar-refractivity contribution < 1.29 is 4.74 Å². The summed E-state index contributed by atoms with van der Waals surface area (Å²) >= 11 is 0. The van der Waals surface area contributed by atoms with Crippen molar-refractivity contribution in [2.75, 3.05) is 7.11 Å². The molecule has 0 heterocycles. The van der Waals surface area contributed by atoms with E-state index in [4.69, 9.17) is 10.5 Å². The summed E-state index contributed by atoms with van der Waals surface area (Å²) in [5, 5.41) is 0. The Bertz CT molecular complexity index is 281. The van der Waals surface area contributed by atoms with Gasteiger partial charge < -0.3 is 10.5 Å². The molecule has 0 spiro atoms. The first-order chi connectivity index (χ1) is 6.31. The predicted octanol–water partition coefficient (Wildman–Crippen LogP) is 1.65. The summed E-state index contributed by atoms with van der Waals surface area (Å²) in [5.74, 6) is 0.608. The van der Waals surface area contributed by atoms with E-state index in [0.717, 1.165) is 6.42 Å². The Kier molecular flexibility index (Phi) is 2.34. The molecule has 0 aliphatic heterocycles. The highest BCUT2D eigenvalue weighted by atomic mass is 16.5. The number of benzene rings is 1. The number of methoxy groups -OCH3 is 1. The molecule has 0 amide bonds. The fraction of sp³-hybridized carbons (Fsp3) is 0.455. The standard InChI is InChI=1S/C11H15NO/c1-13-7-8-2-4-9(5-3-8)10-6-11(10)12/h2-5,10-11H,6-7,12H2,1H3/t10-,11+/m0/s1. The Labute approximate surface area is 78.7 Å². The molecule has 1 aliphatic carbocycles. The van der Waals surface area contributed by atoms with Gasteiger partial charge in [-0.1, -0.05) is 24.3 Å². The summed E-state index contributed by atoms with van der Waals surface area (Å²) in [5.41, 5.74) is 8.36. The molecule has 2 nitrogen and oxygen atoms in total. The van der Waals surface area contributed by atoms with Crippen LogP contribution in [0.25, 0.3) is 0 Å². The molecule has 0 saturated heterocycles. The zero-order valence-corrected chi connectivity index (χ0v) is 7.86. The average molecular weight is 177 g/mol. The van der Waals surface area contributed by atoms with Crippen LogP contribution in [0.1, 0.15) is 23.5 Å². The Morgan fingerprint density at radius 2 is 2.00 bits per heavy atom. The fourth-order valence-corrected chi connectivity index (χ4v) is 1.63. The number of hydrogen-bond acceptors (Lipinski definition) is 2. The third kappa shape index (κ3) is 1.90. The normalized spacial score (nSPS) is 26.0. The topological polar surface area (TPSA) is 35.2 Å². The van der Waals surface area contributed by atoms with E-state index in [9.17, 15) is 0 Å². The van der Waals surface area contributed by atoms with Crippen molar-refractivity contribution in [3.63, 3.8) is 0 Å². The highest BCUT2D eigenvalue weighted by molar-refractivity contribution is 5.30. The van der Waals surface area contributed by atoms with E-state index in [1.54, 1.807) is 7.11 Å². The highest BCUT2D eigenvalue weighted by Crippen LogP contribution is 2.38. The lowest BCUT2D eigenvalue weighted by atomic mass is 10.1. The van der Waals surface area contributed by atoms with Crippen molar-refractivity contribution in [3.05, 3.63) is 35.4 Å². The molecule has 0 bridgehead atoms. The van der Waals surface area contributed by atoms with Crippen LogP contribution in [-0.2, 0) is 11.3 Å². The molecule has 1 fully saturated rings. The van der Waals surface area contributed by atoms with Gasteiger partial charge in [0.1, 0.15) is 0 Å². The Hall–Kier alpha value is -0.860. The van der Waals surface area contributed by atoms with Crippen molar-refractivity contribution in [2.24, 2.45) is 5.73 Å². The molecule has 1 aromatic carbocycles. The Morgan fingerprint density at radius 3 is 2.46 bits per heavy atom. The van der Waals surface area contributed by atoms with Gasteiger partial charge in [-0.3, -0.25) is 0 Å². The number of nitrogens with two attached hydrogens (primary N) is 1. The second-order valence-corrected chi connectivity index (χ2v) is 3.68. The first kappa shape index (κ1) is 8.73. The maximum atomic E-state index is 5.77. The third-order valence-electron chi connectivity index (χ3n) is 2.56. The summed E-state index contributed by atoms with van der Waals surface area (Å²) < 4.78 is 5.04. The zero-order chi connectivity index (χ0) is 9.26. The van der Waals surface area contributed by atoms with Gasteiger partial charge in [0.2, 0.25) is 0 Å². The first-order valence-corrected chi connectivity index (χ1v) is 4.64.